The minimum Gasteiger partial charge on any atom is -0.478 e. The summed E-state index contributed by atoms with van der Waals surface area (Å²) in [6.45, 7) is 0.583. The second-order valence-electron chi connectivity index (χ2n) is 6.43. The first kappa shape index (κ1) is 19.3. The quantitative estimate of drug-likeness (QED) is 0.527. The van der Waals surface area contributed by atoms with E-state index >= 15 is 0 Å². The number of benzene rings is 1. The number of thiazole rings is 1. The minimum atomic E-state index is -2.48. The van der Waals surface area contributed by atoms with Crippen LogP contribution in [0.15, 0.2) is 42.0 Å². The number of hydrogen-bond donors (Lipinski definition) is 2. The zero-order valence-corrected chi connectivity index (χ0v) is 16.2. The fraction of sp³-hybridized carbons (Fsp3) is 0.235. The third kappa shape index (κ3) is 2.85. The number of fused-ring (bicyclic) bond motifs is 1. The average Bonchev–Trinajstić information content (AvgIpc) is 3.33. The number of halogens is 1. The Bertz CT molecular complexity index is 1090. The van der Waals surface area contributed by atoms with Gasteiger partial charge >= 0.3 is 11.7 Å². The van der Waals surface area contributed by atoms with Crippen LogP contribution in [0.5, 0.6) is 0 Å². The molecule has 1 aromatic carbocycles. The number of nitro groups is 1. The van der Waals surface area contributed by atoms with Crippen LogP contribution >= 0.6 is 22.9 Å². The van der Waals surface area contributed by atoms with E-state index in [0.717, 1.165) is 4.88 Å². The molecule has 2 aromatic rings. The number of carbonyl (C=O) groups is 2. The van der Waals surface area contributed by atoms with Crippen LogP contribution in [-0.4, -0.2) is 54.8 Å². The standard InChI is InChI=1S/C17H13ClN4O6S/c18-16-19-7-9(29-16)8-20-5-6-21-14(20)12(22(27)28)13(23)17(21,26)11-4-2-1-3-10(11)15(24)25/h1-4,7,26H,5-6,8H2,(H,24,25). The van der Waals surface area contributed by atoms with Crippen molar-refractivity contribution in [2.24, 2.45) is 0 Å². The van der Waals surface area contributed by atoms with Gasteiger partial charge in [0.15, 0.2) is 10.3 Å². The Kier molecular flexibility index (Phi) is 4.52. The summed E-state index contributed by atoms with van der Waals surface area (Å²) in [5.74, 6) is -2.57. The molecule has 2 aliphatic rings. The van der Waals surface area contributed by atoms with Gasteiger partial charge in [-0.1, -0.05) is 29.8 Å². The van der Waals surface area contributed by atoms with E-state index in [-0.39, 0.29) is 36.6 Å². The van der Waals surface area contributed by atoms with Gasteiger partial charge < -0.3 is 20.0 Å². The van der Waals surface area contributed by atoms with Gasteiger partial charge in [0.2, 0.25) is 5.72 Å². The minimum absolute atomic E-state index is 0.0489. The predicted molar refractivity (Wildman–Crippen MR) is 101 cm³/mol. The maximum absolute atomic E-state index is 13.0. The maximum atomic E-state index is 13.0. The van der Waals surface area contributed by atoms with Gasteiger partial charge in [0.1, 0.15) is 0 Å². The first-order valence-corrected chi connectivity index (χ1v) is 9.56. The number of nitrogens with zero attached hydrogens (tertiary/aromatic N) is 4. The van der Waals surface area contributed by atoms with Gasteiger partial charge in [0, 0.05) is 29.7 Å². The molecule has 1 saturated heterocycles. The summed E-state index contributed by atoms with van der Waals surface area (Å²) in [5, 5.41) is 32.5. The Morgan fingerprint density at radius 2 is 2.10 bits per heavy atom. The molecule has 1 unspecified atom stereocenters. The van der Waals surface area contributed by atoms with E-state index in [0.29, 0.717) is 4.47 Å². The van der Waals surface area contributed by atoms with E-state index in [1.165, 1.54) is 46.7 Å². The number of ketones is 1. The van der Waals surface area contributed by atoms with Crippen molar-refractivity contribution in [3.8, 4) is 0 Å². The summed E-state index contributed by atoms with van der Waals surface area (Å²) >= 11 is 7.04. The first-order chi connectivity index (χ1) is 13.7. The average molecular weight is 437 g/mol. The van der Waals surface area contributed by atoms with Gasteiger partial charge in [-0.05, 0) is 6.07 Å². The molecule has 3 heterocycles. The van der Waals surface area contributed by atoms with Crippen LogP contribution in [0.4, 0.5) is 0 Å². The Labute approximate surface area is 172 Å². The van der Waals surface area contributed by atoms with Crippen LogP contribution < -0.4 is 0 Å². The first-order valence-electron chi connectivity index (χ1n) is 8.36. The molecule has 0 spiro atoms. The molecule has 1 aromatic heterocycles. The second kappa shape index (κ2) is 6.79. The molecular formula is C17H13ClN4O6S. The van der Waals surface area contributed by atoms with Gasteiger partial charge in [0.05, 0.1) is 17.0 Å². The van der Waals surface area contributed by atoms with Crippen LogP contribution in [0.2, 0.25) is 4.47 Å². The smallest absolute Gasteiger partial charge is 0.357 e. The molecule has 150 valence electrons. The highest BCUT2D eigenvalue weighted by Crippen LogP contribution is 2.45. The van der Waals surface area contributed by atoms with Crippen molar-refractivity contribution in [3.05, 3.63) is 72.6 Å². The monoisotopic (exact) mass is 436 g/mol. The van der Waals surface area contributed by atoms with Gasteiger partial charge in [-0.3, -0.25) is 14.9 Å². The number of aromatic nitrogens is 1. The molecule has 0 bridgehead atoms. The van der Waals surface area contributed by atoms with Crippen molar-refractivity contribution in [1.29, 1.82) is 0 Å². The van der Waals surface area contributed by atoms with E-state index in [9.17, 15) is 29.9 Å². The highest BCUT2D eigenvalue weighted by atomic mass is 35.5. The third-order valence-corrected chi connectivity index (χ3v) is 5.97. The van der Waals surface area contributed by atoms with Gasteiger partial charge in [-0.25, -0.2) is 9.78 Å². The van der Waals surface area contributed by atoms with E-state index in [2.05, 4.69) is 4.98 Å². The lowest BCUT2D eigenvalue weighted by Crippen LogP contribution is -2.47. The van der Waals surface area contributed by atoms with Crippen LogP contribution in [0.1, 0.15) is 20.8 Å². The maximum Gasteiger partial charge on any atom is 0.357 e. The molecule has 0 saturated carbocycles. The van der Waals surface area contributed by atoms with Crippen LogP contribution in [0.3, 0.4) is 0 Å². The molecular weight excluding hydrogens is 424 g/mol. The summed E-state index contributed by atoms with van der Waals surface area (Å²) in [7, 11) is 0. The lowest BCUT2D eigenvalue weighted by atomic mass is 9.93. The molecule has 10 nitrogen and oxygen atoms in total. The van der Waals surface area contributed by atoms with Crippen molar-refractivity contribution in [2.75, 3.05) is 13.1 Å². The van der Waals surface area contributed by atoms with E-state index in [1.807, 2.05) is 0 Å². The topological polar surface area (TPSA) is 137 Å². The lowest BCUT2D eigenvalue weighted by Gasteiger charge is -2.32. The summed E-state index contributed by atoms with van der Waals surface area (Å²) in [4.78, 5) is 42.9. The summed E-state index contributed by atoms with van der Waals surface area (Å²) in [6, 6.07) is 5.43. The van der Waals surface area contributed by atoms with Crippen molar-refractivity contribution in [2.45, 2.75) is 12.3 Å². The highest BCUT2D eigenvalue weighted by Gasteiger charge is 2.62. The molecule has 4 rings (SSSR count). The Morgan fingerprint density at radius 1 is 1.38 bits per heavy atom. The van der Waals surface area contributed by atoms with Gasteiger partial charge in [-0.15, -0.1) is 11.3 Å². The number of aromatic carboxylic acids is 1. The lowest BCUT2D eigenvalue weighted by molar-refractivity contribution is -0.420. The van der Waals surface area contributed by atoms with Gasteiger partial charge in [0.25, 0.3) is 5.78 Å². The summed E-state index contributed by atoms with van der Waals surface area (Å²) in [6.07, 6.45) is 1.53. The van der Waals surface area contributed by atoms with E-state index in [1.54, 1.807) is 4.90 Å². The van der Waals surface area contributed by atoms with Crippen molar-refractivity contribution < 1.29 is 24.7 Å². The van der Waals surface area contributed by atoms with Crippen LogP contribution in [0, 0.1) is 10.1 Å². The molecule has 2 N–H and O–H groups in total. The fourth-order valence-corrected chi connectivity index (χ4v) is 4.68. The zero-order valence-electron chi connectivity index (χ0n) is 14.6. The molecule has 1 fully saturated rings. The molecule has 29 heavy (non-hydrogen) atoms. The molecule has 0 aliphatic carbocycles. The molecule has 12 heteroatoms. The number of aliphatic hydroxyl groups is 1. The number of Topliss-reactive ketones (excluding diaryl/α,β-unsaturated/α-hetero) is 1. The normalized spacial score (nSPS) is 21.1. The third-order valence-electron chi connectivity index (χ3n) is 4.87. The van der Waals surface area contributed by atoms with Crippen molar-refractivity contribution >= 4 is 34.7 Å². The number of carboxylic acid groups (broad SMARTS) is 1. The van der Waals surface area contributed by atoms with Crippen LogP contribution in [0.25, 0.3) is 0 Å². The zero-order chi connectivity index (χ0) is 20.9. The Balaban J connectivity index is 1.82. The SMILES string of the molecule is O=C(O)c1ccccc1C1(O)C(=O)C([N+](=O)[O-])=C2N(Cc3cnc(Cl)s3)CCN21. The second-order valence-corrected chi connectivity index (χ2v) is 8.13. The summed E-state index contributed by atoms with van der Waals surface area (Å²) in [5.41, 5.74) is -3.78. The van der Waals surface area contributed by atoms with E-state index in [4.69, 9.17) is 11.6 Å². The molecule has 0 radical (unpaired) electrons. The van der Waals surface area contributed by atoms with Crippen molar-refractivity contribution in [1.82, 2.24) is 14.8 Å². The number of rotatable bonds is 5. The van der Waals surface area contributed by atoms with Gasteiger partial charge in [-0.2, -0.15) is 0 Å². The van der Waals surface area contributed by atoms with Crippen LogP contribution in [-0.2, 0) is 17.1 Å². The molecule has 0 amide bonds. The van der Waals surface area contributed by atoms with E-state index < -0.39 is 28.1 Å². The molecule has 1 atom stereocenters. The Morgan fingerprint density at radius 3 is 2.72 bits per heavy atom. The van der Waals surface area contributed by atoms with Crippen molar-refractivity contribution in [3.63, 3.8) is 0 Å². The number of hydrogen-bond acceptors (Lipinski definition) is 9. The summed E-state index contributed by atoms with van der Waals surface area (Å²) < 4.78 is 0.314. The predicted octanol–water partition coefficient (Wildman–Crippen LogP) is 1.49. The Hall–Kier alpha value is -3.02. The number of carboxylic acids is 1. The highest BCUT2D eigenvalue weighted by molar-refractivity contribution is 7.15. The fourth-order valence-electron chi connectivity index (χ4n) is 3.69. The molecule has 2 aliphatic heterocycles. The largest absolute Gasteiger partial charge is 0.478 e. The number of carbonyl (C=O) groups excluding carboxylic acids is 1.